The number of unbranched alkanes of at least 4 members (excludes halogenated alkanes) is 3. The zero-order valence-electron chi connectivity index (χ0n) is 55.2. The van der Waals surface area contributed by atoms with E-state index in [1.165, 1.54) is 59.1 Å². The molecule has 0 fully saturated rings. The van der Waals surface area contributed by atoms with Gasteiger partial charge in [-0.3, -0.25) is 42.2 Å². The lowest BCUT2D eigenvalue weighted by Crippen LogP contribution is -2.32. The molecule has 0 spiro atoms. The minimum Gasteiger partial charge on any atom is -0.490 e. The largest absolute Gasteiger partial charge is 0.490 e. The van der Waals surface area contributed by atoms with E-state index in [2.05, 4.69) is 21.3 Å². The summed E-state index contributed by atoms with van der Waals surface area (Å²) in [4.78, 5) is 71.4. The molecule has 3 aromatic carbocycles. The Balaban J connectivity index is 1.54. The third-order valence-electron chi connectivity index (χ3n) is 15.7. The fraction of sp³-hybridized carbons (Fsp3) is 0.541. The lowest BCUT2D eigenvalue weighted by Gasteiger charge is -2.27. The molecule has 534 valence electrons. The van der Waals surface area contributed by atoms with Gasteiger partial charge < -0.3 is 46.1 Å². The number of nitrogens with one attached hydrogen (secondary N) is 4. The van der Waals surface area contributed by atoms with Crippen molar-refractivity contribution >= 4 is 143 Å². The first-order valence-electron chi connectivity index (χ1n) is 31.5. The maximum Gasteiger partial charge on any atom is 0.265 e. The highest BCUT2D eigenvalue weighted by molar-refractivity contribution is 8.20. The molecule has 2 aliphatic rings. The Morgan fingerprint density at radius 3 is 1.44 bits per heavy atom. The van der Waals surface area contributed by atoms with Crippen molar-refractivity contribution < 1.29 is 94.6 Å². The maximum atomic E-state index is 14.5. The Labute approximate surface area is 590 Å². The van der Waals surface area contributed by atoms with Gasteiger partial charge in [-0.2, -0.15) is 38.2 Å². The molecule has 3 aromatic rings. The Kier molecular flexibility index (Phi) is 32.4. The van der Waals surface area contributed by atoms with Crippen molar-refractivity contribution in [1.82, 2.24) is 21.3 Å². The molecule has 98 heavy (non-hydrogen) atoms. The lowest BCUT2D eigenvalue weighted by atomic mass is 9.78. The predicted molar refractivity (Wildman–Crippen MR) is 385 cm³/mol. The molecule has 0 atom stereocenters. The summed E-state index contributed by atoms with van der Waals surface area (Å²) in [5.41, 5.74) is 5.29. The number of rotatable bonds is 45. The monoisotopic (exact) mass is 1490 g/mol. The first kappa shape index (κ1) is 82.9. The van der Waals surface area contributed by atoms with Gasteiger partial charge in [0.1, 0.15) is 6.54 Å². The quantitative estimate of drug-likeness (QED) is 0.0147. The first-order chi connectivity index (χ1) is 46.0. The number of primary amides is 1. The lowest BCUT2D eigenvalue weighted by molar-refractivity contribution is -0.437. The molecule has 0 saturated carbocycles. The number of fused-ring (bicyclic) bond motifs is 2. The molecule has 5 amide bonds. The van der Waals surface area contributed by atoms with Gasteiger partial charge in [0.05, 0.1) is 59.4 Å². The highest BCUT2D eigenvalue weighted by Gasteiger charge is 2.48. The van der Waals surface area contributed by atoms with E-state index in [0.29, 0.717) is 78.9 Å². The summed E-state index contributed by atoms with van der Waals surface area (Å²) in [6.45, 7) is 7.25. The molecule has 0 bridgehead atoms. The number of benzene rings is 3. The third-order valence-corrected chi connectivity index (χ3v) is 20.5. The second-order valence-electron chi connectivity index (χ2n) is 24.1. The molecule has 0 aliphatic carbocycles. The van der Waals surface area contributed by atoms with E-state index in [9.17, 15) is 75.9 Å². The third kappa shape index (κ3) is 25.7. The van der Waals surface area contributed by atoms with Gasteiger partial charge >= 0.3 is 0 Å². The average molecular weight is 1490 g/mol. The summed E-state index contributed by atoms with van der Waals surface area (Å²) in [6, 6.07) is 8.66. The standard InChI is InChI=1S/C61H84B3N7O20S7/c1-60(2)50(70(23-15-33-97(83,84)85)46-37-41(55(65)72)35-44(52(46)60)58(75)68-21-13-31-95(77,78)79)17-11-18-51-61(3,4)53-45(59(76)69-22-14-32-96(80,81)82)36-42(38-47(53)71(51)24-16-34-98(86,87)88)56(73)66-19-12-20-67-57(74)43-39-48(89-25-5-8-28-92-62)54(91-27-7-10-30-94-64)49(40-43)90-26-6-9-29-93-63/h11,17-18,35-40H,5-10,12-16,19-34H2,1-4H3,(H9-,65,66,67,68,69,72,73,74,75,76,77,78,79,80,81,82,83,84,85,86,87,88)/p+1. The van der Waals surface area contributed by atoms with Crippen LogP contribution in [0.4, 0.5) is 11.4 Å². The fourth-order valence-electron chi connectivity index (χ4n) is 11.2. The summed E-state index contributed by atoms with van der Waals surface area (Å²) < 4.78 is 154. The second kappa shape index (κ2) is 38.3. The molecule has 2 aliphatic heterocycles. The van der Waals surface area contributed by atoms with Crippen molar-refractivity contribution in [3.05, 3.63) is 99.3 Å². The minimum absolute atomic E-state index is 0.00779. The topological polar surface area (TPSA) is 411 Å². The van der Waals surface area contributed by atoms with Gasteiger partial charge in [0.2, 0.25) is 17.3 Å². The van der Waals surface area contributed by atoms with Gasteiger partial charge in [-0.25, -0.2) is 34.8 Å². The Morgan fingerprint density at radius 1 is 0.531 bits per heavy atom. The summed E-state index contributed by atoms with van der Waals surface area (Å²) in [5, 5.41) is 11.0. The van der Waals surface area contributed by atoms with Gasteiger partial charge in [-0.05, 0) is 132 Å². The van der Waals surface area contributed by atoms with Crippen molar-refractivity contribution in [3.8, 4) is 17.2 Å². The van der Waals surface area contributed by atoms with E-state index in [4.69, 9.17) is 41.3 Å². The second-order valence-corrected chi connectivity index (χ2v) is 32.6. The number of allylic oxidation sites excluding steroid dienone is 4. The summed E-state index contributed by atoms with van der Waals surface area (Å²) in [7, 11) is -0.955. The van der Waals surface area contributed by atoms with E-state index in [1.54, 1.807) is 67.5 Å². The van der Waals surface area contributed by atoms with Crippen LogP contribution in [0.15, 0.2) is 60.3 Å². The van der Waals surface area contributed by atoms with Crippen molar-refractivity contribution in [2.75, 3.05) is 104 Å². The number of nitrogens with two attached hydrogens (primary N) is 1. The first-order valence-corrected chi connectivity index (χ1v) is 41.1. The Hall–Kier alpha value is -5.76. The van der Waals surface area contributed by atoms with Crippen LogP contribution < -0.4 is 46.1 Å². The molecule has 2 heterocycles. The number of hydrogen-bond acceptors (Lipinski definition) is 20. The smallest absolute Gasteiger partial charge is 0.265 e. The van der Waals surface area contributed by atoms with Crippen LogP contribution in [-0.2, 0) is 51.3 Å². The van der Waals surface area contributed by atoms with Crippen molar-refractivity contribution in [3.63, 3.8) is 0 Å². The fourth-order valence-corrected chi connectivity index (χ4v) is 14.3. The molecular formula is C61H85B3N7O20S7+. The van der Waals surface area contributed by atoms with E-state index in [1.807, 2.05) is 0 Å². The molecule has 5 rings (SSSR count). The summed E-state index contributed by atoms with van der Waals surface area (Å²) >= 11 is 3.68. The van der Waals surface area contributed by atoms with E-state index >= 15 is 0 Å². The van der Waals surface area contributed by atoms with Gasteiger partial charge in [-0.15, -0.1) is 0 Å². The van der Waals surface area contributed by atoms with Crippen molar-refractivity contribution in [2.45, 2.75) is 109 Å². The number of anilines is 1. The Bertz CT molecular complexity index is 3880. The van der Waals surface area contributed by atoms with Gasteiger partial charge in [0, 0.05) is 95.9 Å². The molecule has 37 heteroatoms. The number of hydrogen-bond donors (Lipinski definition) is 9. The van der Waals surface area contributed by atoms with Crippen LogP contribution in [0.25, 0.3) is 0 Å². The maximum absolute atomic E-state index is 14.5. The molecular weight excluding hydrogens is 1410 g/mol. The number of carbonyl (C=O) groups is 5. The molecule has 27 nitrogen and oxygen atoms in total. The van der Waals surface area contributed by atoms with Crippen LogP contribution in [-0.4, -0.2) is 212 Å². The van der Waals surface area contributed by atoms with E-state index < -0.39 is 104 Å². The average Bonchev–Trinajstić information content (AvgIpc) is 1.58. The van der Waals surface area contributed by atoms with Crippen LogP contribution in [0.2, 0.25) is 0 Å². The Morgan fingerprint density at radius 2 is 0.959 bits per heavy atom. The van der Waals surface area contributed by atoms with E-state index in [-0.39, 0.29) is 111 Å². The predicted octanol–water partition coefficient (Wildman–Crippen LogP) is 5.45. The number of carbonyl (C=O) groups excluding carboxylic acids is 5. The molecule has 0 aromatic heterocycles. The van der Waals surface area contributed by atoms with Crippen LogP contribution in [0.5, 0.6) is 17.2 Å². The van der Waals surface area contributed by atoms with Crippen LogP contribution >= 0.6 is 34.8 Å². The van der Waals surface area contributed by atoms with Crippen LogP contribution in [0.1, 0.15) is 161 Å². The minimum atomic E-state index is -4.54. The summed E-state index contributed by atoms with van der Waals surface area (Å²) in [5.74, 6) is -3.21. The zero-order chi connectivity index (χ0) is 72.7. The van der Waals surface area contributed by atoms with Gasteiger partial charge in [-0.1, -0.05) is 19.9 Å². The normalized spacial score (nSPS) is 14.7. The summed E-state index contributed by atoms with van der Waals surface area (Å²) in [6.07, 6.45) is 8.72. The number of nitrogens with zero attached hydrogens (tertiary/aromatic N) is 2. The number of amides is 5. The zero-order valence-corrected chi connectivity index (χ0v) is 60.9. The highest BCUT2D eigenvalue weighted by Crippen LogP contribution is 2.51. The van der Waals surface area contributed by atoms with Gasteiger partial charge in [0.25, 0.3) is 64.1 Å². The number of ether oxygens (including phenoxy) is 3. The molecule has 10 N–H and O–H groups in total. The SMILES string of the molecule is [B]SCCCCOc1cc(C(=O)NCCCNC(=O)c2cc(C(=O)NCCCS(=O)(=O)O)c3c(c2)N(CCCS(=O)(=O)O)/C(=C/C=C/C2=[N+](CCCS(=O)(=O)O)c4cc(C(N)=O)cc(C(=O)NCCCS(=O)(=O)O)c4C2(C)C)C3(C)C)cc(OCCCCS[B])c1OCCCCS[B]. The van der Waals surface area contributed by atoms with Crippen LogP contribution in [0, 0.1) is 0 Å². The van der Waals surface area contributed by atoms with Crippen LogP contribution in [0.3, 0.4) is 0 Å². The highest BCUT2D eigenvalue weighted by atomic mass is 32.2. The molecule has 0 unspecified atom stereocenters. The molecule has 6 radical (unpaired) electrons. The van der Waals surface area contributed by atoms with Gasteiger partial charge in [0.15, 0.2) is 38.6 Å². The van der Waals surface area contributed by atoms with Crippen molar-refractivity contribution in [1.29, 1.82) is 0 Å². The van der Waals surface area contributed by atoms with E-state index in [0.717, 1.165) is 36.5 Å². The van der Waals surface area contributed by atoms with Crippen molar-refractivity contribution in [2.24, 2.45) is 5.73 Å². The molecule has 0 saturated heterocycles.